The molecule has 1 aromatic carbocycles. The summed E-state index contributed by atoms with van der Waals surface area (Å²) in [6.07, 6.45) is 0. The van der Waals surface area contributed by atoms with Crippen LogP contribution in [-0.4, -0.2) is 5.11 Å². The monoisotopic (exact) mass is 227 g/mol. The summed E-state index contributed by atoms with van der Waals surface area (Å²) in [5, 5.41) is 12.2. The van der Waals surface area contributed by atoms with Crippen molar-refractivity contribution in [2.75, 3.05) is 5.73 Å². The van der Waals surface area contributed by atoms with E-state index in [2.05, 4.69) is 0 Å². The molecule has 74 valence electrons. The normalized spacial score (nSPS) is 11.0. The van der Waals surface area contributed by atoms with E-state index < -0.39 is 0 Å². The van der Waals surface area contributed by atoms with Crippen molar-refractivity contribution in [1.82, 2.24) is 0 Å². The van der Waals surface area contributed by atoms with Crippen LogP contribution in [0.4, 0.5) is 5.69 Å². The Hall–Kier alpha value is -0.770. The van der Waals surface area contributed by atoms with Gasteiger partial charge in [-0.25, -0.2) is 0 Å². The van der Waals surface area contributed by atoms with Gasteiger partial charge in [-0.15, -0.1) is 22.9 Å². The molecule has 0 unspecified atom stereocenters. The molecule has 0 fully saturated rings. The Morgan fingerprint density at radius 3 is 2.93 bits per heavy atom. The minimum absolute atomic E-state index is 0.0381. The number of rotatable bonds is 2. The van der Waals surface area contributed by atoms with Crippen LogP contribution < -0.4 is 5.73 Å². The Morgan fingerprint density at radius 1 is 1.50 bits per heavy atom. The fourth-order valence-electron chi connectivity index (χ4n) is 1.53. The lowest BCUT2D eigenvalue weighted by Gasteiger charge is -2.08. The highest BCUT2D eigenvalue weighted by Gasteiger charge is 2.10. The molecule has 4 heteroatoms. The van der Waals surface area contributed by atoms with Crippen LogP contribution in [0.5, 0.6) is 0 Å². The smallest absolute Gasteiger partial charge is 0.0702 e. The Bertz CT molecular complexity index is 466. The predicted octanol–water partition coefficient (Wildman–Crippen LogP) is 2.71. The fraction of sp³-hybridized carbons (Fsp3) is 0.200. The third-order valence-electron chi connectivity index (χ3n) is 2.30. The average molecular weight is 228 g/mol. The zero-order valence-electron chi connectivity index (χ0n) is 7.46. The second-order valence-electron chi connectivity index (χ2n) is 3.05. The number of halogens is 1. The zero-order valence-corrected chi connectivity index (χ0v) is 9.03. The number of fused-ring (bicyclic) bond motifs is 1. The molecule has 1 heterocycles. The summed E-state index contributed by atoms with van der Waals surface area (Å²) in [4.78, 5) is 0. The Morgan fingerprint density at radius 2 is 2.29 bits per heavy atom. The number of nitrogen functional groups attached to an aromatic ring is 1. The number of thiophene rings is 1. The van der Waals surface area contributed by atoms with Gasteiger partial charge in [-0.1, -0.05) is 0 Å². The van der Waals surface area contributed by atoms with E-state index in [0.717, 1.165) is 21.2 Å². The molecular formula is C10H10ClNOS. The third-order valence-corrected chi connectivity index (χ3v) is 3.43. The molecule has 0 spiro atoms. The van der Waals surface area contributed by atoms with Gasteiger partial charge in [0.1, 0.15) is 0 Å². The van der Waals surface area contributed by atoms with Crippen molar-refractivity contribution in [2.24, 2.45) is 0 Å². The second kappa shape index (κ2) is 3.77. The molecule has 0 saturated carbocycles. The molecule has 0 aliphatic carbocycles. The number of anilines is 1. The number of hydrogen-bond acceptors (Lipinski definition) is 3. The minimum Gasteiger partial charge on any atom is -0.398 e. The molecule has 2 aromatic rings. The fourth-order valence-corrected chi connectivity index (χ4v) is 2.70. The Labute approximate surface area is 90.9 Å². The highest BCUT2D eigenvalue weighted by Crippen LogP contribution is 2.32. The van der Waals surface area contributed by atoms with Gasteiger partial charge in [0.15, 0.2) is 0 Å². The average Bonchev–Trinajstić information content (AvgIpc) is 2.64. The van der Waals surface area contributed by atoms with Crippen molar-refractivity contribution < 1.29 is 5.11 Å². The van der Waals surface area contributed by atoms with Crippen LogP contribution in [0.15, 0.2) is 17.5 Å². The van der Waals surface area contributed by atoms with E-state index in [9.17, 15) is 0 Å². The molecule has 0 amide bonds. The number of aliphatic hydroxyl groups is 1. The van der Waals surface area contributed by atoms with Crippen molar-refractivity contribution >= 4 is 38.7 Å². The molecule has 2 rings (SSSR count). The number of hydrogen-bond donors (Lipinski definition) is 2. The van der Waals surface area contributed by atoms with Gasteiger partial charge < -0.3 is 10.8 Å². The van der Waals surface area contributed by atoms with Crippen molar-refractivity contribution in [3.8, 4) is 0 Å². The van der Waals surface area contributed by atoms with Gasteiger partial charge in [0.25, 0.3) is 0 Å². The van der Waals surface area contributed by atoms with Gasteiger partial charge in [0, 0.05) is 16.0 Å². The lowest BCUT2D eigenvalue weighted by atomic mass is 10.1. The lowest BCUT2D eigenvalue weighted by molar-refractivity contribution is 0.282. The van der Waals surface area contributed by atoms with Crippen molar-refractivity contribution in [2.45, 2.75) is 12.5 Å². The van der Waals surface area contributed by atoms with Crippen LogP contribution in [0.1, 0.15) is 11.1 Å². The van der Waals surface area contributed by atoms with Crippen molar-refractivity contribution in [1.29, 1.82) is 0 Å². The maximum absolute atomic E-state index is 9.12. The largest absolute Gasteiger partial charge is 0.398 e. The van der Waals surface area contributed by atoms with E-state index in [1.165, 1.54) is 0 Å². The van der Waals surface area contributed by atoms with Gasteiger partial charge in [-0.3, -0.25) is 0 Å². The van der Waals surface area contributed by atoms with Crippen molar-refractivity contribution in [3.05, 3.63) is 28.6 Å². The SMILES string of the molecule is Nc1c(CO)cc2sccc2c1CCl. The number of benzene rings is 1. The summed E-state index contributed by atoms with van der Waals surface area (Å²) in [6.45, 7) is -0.0381. The van der Waals surface area contributed by atoms with E-state index in [-0.39, 0.29) is 6.61 Å². The van der Waals surface area contributed by atoms with E-state index in [4.69, 9.17) is 22.4 Å². The molecule has 3 N–H and O–H groups in total. The van der Waals surface area contributed by atoms with Crippen LogP contribution >= 0.6 is 22.9 Å². The maximum atomic E-state index is 9.12. The number of nitrogens with two attached hydrogens (primary N) is 1. The molecular weight excluding hydrogens is 218 g/mol. The summed E-state index contributed by atoms with van der Waals surface area (Å²) in [6, 6.07) is 3.93. The number of alkyl halides is 1. The van der Waals surface area contributed by atoms with E-state index in [1.807, 2.05) is 17.5 Å². The first-order valence-corrected chi connectivity index (χ1v) is 5.63. The van der Waals surface area contributed by atoms with E-state index in [0.29, 0.717) is 11.6 Å². The molecule has 1 aromatic heterocycles. The maximum Gasteiger partial charge on any atom is 0.0702 e. The van der Waals surface area contributed by atoms with Gasteiger partial charge in [-0.05, 0) is 28.5 Å². The predicted molar refractivity (Wildman–Crippen MR) is 61.7 cm³/mol. The summed E-state index contributed by atoms with van der Waals surface area (Å²) >= 11 is 7.47. The van der Waals surface area contributed by atoms with Crippen molar-refractivity contribution in [3.63, 3.8) is 0 Å². The molecule has 0 radical (unpaired) electrons. The molecule has 0 saturated heterocycles. The Balaban J connectivity index is 2.80. The quantitative estimate of drug-likeness (QED) is 0.612. The van der Waals surface area contributed by atoms with Crippen LogP contribution in [-0.2, 0) is 12.5 Å². The topological polar surface area (TPSA) is 46.2 Å². The summed E-state index contributed by atoms with van der Waals surface area (Å²) in [5.41, 5.74) is 8.19. The first-order chi connectivity index (χ1) is 6.77. The first kappa shape index (κ1) is 9.77. The highest BCUT2D eigenvalue weighted by molar-refractivity contribution is 7.17. The van der Waals surface area contributed by atoms with E-state index >= 15 is 0 Å². The first-order valence-electron chi connectivity index (χ1n) is 4.22. The zero-order chi connectivity index (χ0) is 10.1. The summed E-state index contributed by atoms with van der Waals surface area (Å²) < 4.78 is 1.12. The summed E-state index contributed by atoms with van der Waals surface area (Å²) in [7, 11) is 0. The molecule has 14 heavy (non-hydrogen) atoms. The standard InChI is InChI=1S/C10H10ClNOS/c11-4-8-7-1-2-14-9(7)3-6(5-13)10(8)12/h1-3,13H,4-5,12H2. The van der Waals surface area contributed by atoms with Crippen LogP contribution in [0.2, 0.25) is 0 Å². The van der Waals surface area contributed by atoms with Gasteiger partial charge in [0.2, 0.25) is 0 Å². The van der Waals surface area contributed by atoms with Gasteiger partial charge >= 0.3 is 0 Å². The highest BCUT2D eigenvalue weighted by atomic mass is 35.5. The second-order valence-corrected chi connectivity index (χ2v) is 4.27. The number of aliphatic hydroxyl groups excluding tert-OH is 1. The van der Waals surface area contributed by atoms with Crippen LogP contribution in [0, 0.1) is 0 Å². The van der Waals surface area contributed by atoms with Gasteiger partial charge in [-0.2, -0.15) is 0 Å². The molecule has 0 aliphatic rings. The third kappa shape index (κ3) is 1.38. The minimum atomic E-state index is -0.0381. The molecule has 0 atom stereocenters. The summed E-state index contributed by atoms with van der Waals surface area (Å²) in [5.74, 6) is 0.382. The van der Waals surface area contributed by atoms with Crippen LogP contribution in [0.25, 0.3) is 10.1 Å². The molecule has 0 bridgehead atoms. The molecule has 2 nitrogen and oxygen atoms in total. The molecule has 0 aliphatic heterocycles. The lowest BCUT2D eigenvalue weighted by Crippen LogP contribution is -1.98. The Kier molecular flexibility index (Phi) is 2.63. The van der Waals surface area contributed by atoms with Gasteiger partial charge in [0.05, 0.1) is 12.5 Å². The van der Waals surface area contributed by atoms with Crippen LogP contribution in [0.3, 0.4) is 0 Å². The van der Waals surface area contributed by atoms with E-state index in [1.54, 1.807) is 11.3 Å².